The van der Waals surface area contributed by atoms with Crippen LogP contribution in [-0.2, 0) is 14.2 Å². The molecule has 0 bridgehead atoms. The van der Waals surface area contributed by atoms with E-state index in [-0.39, 0.29) is 5.92 Å². The minimum atomic E-state index is -0.947. The molecule has 0 aromatic rings. The Morgan fingerprint density at radius 1 is 0.750 bits per heavy atom. The van der Waals surface area contributed by atoms with Gasteiger partial charge in [-0.1, -0.05) is 45.4 Å². The van der Waals surface area contributed by atoms with Gasteiger partial charge in [0.1, 0.15) is 0 Å². The Morgan fingerprint density at radius 2 is 1.25 bits per heavy atom. The van der Waals surface area contributed by atoms with Gasteiger partial charge in [0.05, 0.1) is 6.07 Å². The summed E-state index contributed by atoms with van der Waals surface area (Å²) in [5, 5.41) is 8.84. The molecule has 0 radical (unpaired) electrons. The van der Waals surface area contributed by atoms with Crippen LogP contribution in [0.3, 0.4) is 0 Å². The van der Waals surface area contributed by atoms with E-state index in [4.69, 9.17) is 19.5 Å². The smallest absolute Gasteiger partial charge is 0.285 e. The summed E-state index contributed by atoms with van der Waals surface area (Å²) >= 11 is 0. The summed E-state index contributed by atoms with van der Waals surface area (Å²) in [7, 11) is 0. The monoisotopic (exact) mass is 341 g/mol. The van der Waals surface area contributed by atoms with Gasteiger partial charge in [-0.25, -0.2) is 0 Å². The Hall–Kier alpha value is -0.630. The molecule has 24 heavy (non-hydrogen) atoms. The number of rotatable bonds is 17. The van der Waals surface area contributed by atoms with Crippen molar-refractivity contribution in [2.24, 2.45) is 5.92 Å². The third kappa shape index (κ3) is 9.61. The van der Waals surface area contributed by atoms with Crippen molar-refractivity contribution in [1.82, 2.24) is 0 Å². The number of nitriles is 1. The van der Waals surface area contributed by atoms with Gasteiger partial charge in [0.25, 0.3) is 5.97 Å². The van der Waals surface area contributed by atoms with Gasteiger partial charge in [-0.2, -0.15) is 5.26 Å². The van der Waals surface area contributed by atoms with E-state index in [1.807, 2.05) is 20.8 Å². The van der Waals surface area contributed by atoms with Crippen molar-refractivity contribution < 1.29 is 14.2 Å². The van der Waals surface area contributed by atoms with E-state index >= 15 is 0 Å². The van der Waals surface area contributed by atoms with Crippen LogP contribution in [0.1, 0.15) is 91.9 Å². The van der Waals surface area contributed by atoms with E-state index in [1.165, 1.54) is 32.1 Å². The molecular formula is C20H39NO3. The Bertz CT molecular complexity index is 297. The van der Waals surface area contributed by atoms with Crippen LogP contribution in [0, 0.1) is 17.2 Å². The van der Waals surface area contributed by atoms with Gasteiger partial charge in [-0.05, 0) is 40.0 Å². The molecule has 0 heterocycles. The van der Waals surface area contributed by atoms with Crippen LogP contribution in [0.15, 0.2) is 0 Å². The SMILES string of the molecule is CCCCCCCCC(CCCC#N)C(OCC)(OCC)OCC. The molecule has 0 aromatic carbocycles. The summed E-state index contributed by atoms with van der Waals surface area (Å²) in [5.74, 6) is -0.770. The van der Waals surface area contributed by atoms with E-state index in [0.29, 0.717) is 26.2 Å². The third-order valence-electron chi connectivity index (χ3n) is 4.28. The molecule has 0 N–H and O–H groups in total. The molecule has 0 fully saturated rings. The summed E-state index contributed by atoms with van der Waals surface area (Å²) in [6.45, 7) is 9.85. The second-order valence-electron chi connectivity index (χ2n) is 6.21. The highest BCUT2D eigenvalue weighted by Gasteiger charge is 2.41. The number of ether oxygens (including phenoxy) is 3. The molecule has 0 aliphatic rings. The van der Waals surface area contributed by atoms with E-state index < -0.39 is 5.97 Å². The van der Waals surface area contributed by atoms with E-state index in [9.17, 15) is 0 Å². The summed E-state index contributed by atoms with van der Waals surface area (Å²) in [5.41, 5.74) is 0. The first-order valence-electron chi connectivity index (χ1n) is 9.99. The zero-order valence-electron chi connectivity index (χ0n) is 16.4. The predicted octanol–water partition coefficient (Wildman–Crippen LogP) is 5.81. The van der Waals surface area contributed by atoms with Gasteiger partial charge < -0.3 is 14.2 Å². The molecule has 0 rings (SSSR count). The van der Waals surface area contributed by atoms with Crippen molar-refractivity contribution >= 4 is 0 Å². The Labute approximate surface area is 149 Å². The maximum Gasteiger partial charge on any atom is 0.285 e. The molecule has 0 saturated carbocycles. The quantitative estimate of drug-likeness (QED) is 0.247. The molecule has 0 saturated heterocycles. The number of hydrogen-bond donors (Lipinski definition) is 0. The van der Waals surface area contributed by atoms with Crippen LogP contribution in [0.2, 0.25) is 0 Å². The molecule has 1 unspecified atom stereocenters. The molecule has 0 spiro atoms. The number of unbranched alkanes of at least 4 members (excludes halogenated alkanes) is 6. The summed E-state index contributed by atoms with van der Waals surface area (Å²) in [6, 6.07) is 2.24. The molecule has 4 heteroatoms. The van der Waals surface area contributed by atoms with Crippen molar-refractivity contribution in [2.45, 2.75) is 97.9 Å². The van der Waals surface area contributed by atoms with Crippen molar-refractivity contribution in [3.05, 3.63) is 0 Å². The van der Waals surface area contributed by atoms with Crippen molar-refractivity contribution in [2.75, 3.05) is 19.8 Å². The number of hydrogen-bond acceptors (Lipinski definition) is 4. The zero-order valence-corrected chi connectivity index (χ0v) is 16.4. The fraction of sp³-hybridized carbons (Fsp3) is 0.950. The van der Waals surface area contributed by atoms with E-state index in [0.717, 1.165) is 25.7 Å². The molecule has 0 aromatic heterocycles. The lowest BCUT2D eigenvalue weighted by atomic mass is 9.92. The van der Waals surface area contributed by atoms with Gasteiger partial charge in [0, 0.05) is 32.2 Å². The van der Waals surface area contributed by atoms with Crippen LogP contribution in [-0.4, -0.2) is 25.8 Å². The predicted molar refractivity (Wildman–Crippen MR) is 98.6 cm³/mol. The topological polar surface area (TPSA) is 51.5 Å². The van der Waals surface area contributed by atoms with Crippen LogP contribution in [0.25, 0.3) is 0 Å². The van der Waals surface area contributed by atoms with Crippen LogP contribution in [0.5, 0.6) is 0 Å². The molecule has 4 nitrogen and oxygen atoms in total. The molecule has 0 amide bonds. The van der Waals surface area contributed by atoms with E-state index in [2.05, 4.69) is 13.0 Å². The summed E-state index contributed by atoms with van der Waals surface area (Å²) in [4.78, 5) is 0. The largest absolute Gasteiger partial charge is 0.328 e. The molecule has 0 aliphatic heterocycles. The van der Waals surface area contributed by atoms with Crippen LogP contribution >= 0.6 is 0 Å². The van der Waals surface area contributed by atoms with Gasteiger partial charge in [-0.3, -0.25) is 0 Å². The first-order chi connectivity index (χ1) is 11.7. The summed E-state index contributed by atoms with van der Waals surface area (Å²) in [6.07, 6.45) is 11.0. The van der Waals surface area contributed by atoms with Gasteiger partial charge in [0.15, 0.2) is 0 Å². The van der Waals surface area contributed by atoms with Crippen molar-refractivity contribution in [3.8, 4) is 6.07 Å². The minimum Gasteiger partial charge on any atom is -0.328 e. The van der Waals surface area contributed by atoms with Crippen LogP contribution in [0.4, 0.5) is 0 Å². The Kier molecular flexibility index (Phi) is 15.5. The van der Waals surface area contributed by atoms with Gasteiger partial charge in [0.2, 0.25) is 0 Å². The molecule has 0 aliphatic carbocycles. The average Bonchev–Trinajstić information content (AvgIpc) is 2.57. The summed E-state index contributed by atoms with van der Waals surface area (Å²) < 4.78 is 17.9. The highest BCUT2D eigenvalue weighted by Crippen LogP contribution is 2.34. The highest BCUT2D eigenvalue weighted by atomic mass is 16.9. The van der Waals surface area contributed by atoms with Gasteiger partial charge >= 0.3 is 0 Å². The normalized spacial score (nSPS) is 13.0. The zero-order chi connectivity index (χ0) is 18.1. The van der Waals surface area contributed by atoms with Crippen molar-refractivity contribution in [1.29, 1.82) is 5.26 Å². The fourth-order valence-electron chi connectivity index (χ4n) is 3.18. The Balaban J connectivity index is 4.77. The first kappa shape index (κ1) is 23.4. The standard InChI is InChI=1S/C20H39NO3/c1-5-9-10-11-12-13-16-19(17-14-15-18-21)20(22-6-2,23-7-3)24-8-4/h19H,5-17H2,1-4H3. The van der Waals surface area contributed by atoms with Crippen LogP contribution < -0.4 is 0 Å². The fourth-order valence-corrected chi connectivity index (χ4v) is 3.18. The lowest BCUT2D eigenvalue weighted by molar-refractivity contribution is -0.403. The van der Waals surface area contributed by atoms with Gasteiger partial charge in [-0.15, -0.1) is 0 Å². The lowest BCUT2D eigenvalue weighted by Crippen LogP contribution is -2.46. The lowest BCUT2D eigenvalue weighted by Gasteiger charge is -2.39. The minimum absolute atomic E-state index is 0.178. The second kappa shape index (κ2) is 15.9. The van der Waals surface area contributed by atoms with E-state index in [1.54, 1.807) is 0 Å². The van der Waals surface area contributed by atoms with Crippen molar-refractivity contribution in [3.63, 3.8) is 0 Å². The molecular weight excluding hydrogens is 302 g/mol. The first-order valence-corrected chi connectivity index (χ1v) is 9.99. The average molecular weight is 342 g/mol. The Morgan fingerprint density at radius 3 is 1.75 bits per heavy atom. The molecule has 142 valence electrons. The maximum atomic E-state index is 8.84. The third-order valence-corrected chi connectivity index (χ3v) is 4.28. The highest BCUT2D eigenvalue weighted by molar-refractivity contribution is 4.76. The number of nitrogens with zero attached hydrogens (tertiary/aromatic N) is 1. The molecule has 1 atom stereocenters. The second-order valence-corrected chi connectivity index (χ2v) is 6.21. The maximum absolute atomic E-state index is 8.84.